The molecule has 8 nitrogen and oxygen atoms in total. The Morgan fingerprint density at radius 2 is 1.93 bits per heavy atom. The van der Waals surface area contributed by atoms with Crippen molar-refractivity contribution < 1.29 is 19.1 Å². The number of nitrogens with one attached hydrogen (secondary N) is 2. The van der Waals surface area contributed by atoms with Gasteiger partial charge in [-0.2, -0.15) is 5.10 Å². The van der Waals surface area contributed by atoms with Gasteiger partial charge in [-0.25, -0.2) is 14.3 Å². The number of esters is 1. The highest BCUT2D eigenvalue weighted by molar-refractivity contribution is 6.32. The molecule has 2 aromatic rings. The van der Waals surface area contributed by atoms with Gasteiger partial charge in [-0.05, 0) is 26.3 Å². The van der Waals surface area contributed by atoms with Gasteiger partial charge in [0.25, 0.3) is 5.91 Å². The molecule has 144 valence electrons. The van der Waals surface area contributed by atoms with Crippen molar-refractivity contribution in [1.82, 2.24) is 20.4 Å². The largest absolute Gasteiger partial charge is 0.449 e. The Morgan fingerprint density at radius 3 is 2.56 bits per heavy atom. The van der Waals surface area contributed by atoms with Crippen molar-refractivity contribution in [3.63, 3.8) is 0 Å². The number of nitrogens with zero attached hydrogens (tertiary/aromatic N) is 2. The standard InChI is InChI=1S/C18H21ClN4O4/c1-4-20-18(26)21-16(24)12(3)27-17(25)14-11(2)22-23(15(14)19)10-13-8-6-5-7-9-13/h5-9,12H,4,10H2,1-3H3,(H2,20,21,24,26)/t12-/m0/s1. The zero-order valence-corrected chi connectivity index (χ0v) is 16.0. The van der Waals surface area contributed by atoms with Crippen LogP contribution in [0.25, 0.3) is 0 Å². The Hall–Kier alpha value is -2.87. The average Bonchev–Trinajstić information content (AvgIpc) is 2.89. The minimum Gasteiger partial charge on any atom is -0.449 e. The first-order valence-electron chi connectivity index (χ1n) is 8.40. The molecule has 27 heavy (non-hydrogen) atoms. The maximum absolute atomic E-state index is 12.4. The number of rotatable bonds is 6. The summed E-state index contributed by atoms with van der Waals surface area (Å²) in [4.78, 5) is 35.7. The van der Waals surface area contributed by atoms with E-state index in [1.54, 1.807) is 13.8 Å². The topological polar surface area (TPSA) is 102 Å². The first kappa shape index (κ1) is 20.4. The lowest BCUT2D eigenvalue weighted by molar-refractivity contribution is -0.127. The fourth-order valence-electron chi connectivity index (χ4n) is 2.34. The summed E-state index contributed by atoms with van der Waals surface area (Å²) in [5, 5.41) is 8.89. The molecule has 0 bridgehead atoms. The lowest BCUT2D eigenvalue weighted by Crippen LogP contribution is -2.44. The number of imide groups is 1. The Balaban J connectivity index is 2.08. The van der Waals surface area contributed by atoms with Crippen LogP contribution in [-0.4, -0.2) is 40.3 Å². The van der Waals surface area contributed by atoms with Gasteiger partial charge in [-0.15, -0.1) is 0 Å². The molecule has 1 heterocycles. The smallest absolute Gasteiger partial charge is 0.343 e. The molecule has 1 atom stereocenters. The maximum Gasteiger partial charge on any atom is 0.343 e. The van der Waals surface area contributed by atoms with Crippen molar-refractivity contribution in [2.45, 2.75) is 33.4 Å². The normalized spacial score (nSPS) is 11.6. The third-order valence-corrected chi connectivity index (χ3v) is 4.06. The number of hydrogen-bond acceptors (Lipinski definition) is 5. The summed E-state index contributed by atoms with van der Waals surface area (Å²) in [7, 11) is 0. The summed E-state index contributed by atoms with van der Waals surface area (Å²) in [6.07, 6.45) is -1.17. The first-order valence-corrected chi connectivity index (χ1v) is 8.77. The molecule has 0 aliphatic carbocycles. The molecule has 2 N–H and O–H groups in total. The second-order valence-electron chi connectivity index (χ2n) is 5.79. The van der Waals surface area contributed by atoms with E-state index in [1.165, 1.54) is 11.6 Å². The molecule has 9 heteroatoms. The number of carbonyl (C=O) groups is 3. The molecular weight excluding hydrogens is 372 g/mol. The monoisotopic (exact) mass is 392 g/mol. The van der Waals surface area contributed by atoms with Crippen molar-refractivity contribution in [2.24, 2.45) is 0 Å². The quantitative estimate of drug-likeness (QED) is 0.734. The Bertz CT molecular complexity index is 835. The van der Waals surface area contributed by atoms with Crippen molar-refractivity contribution in [1.29, 1.82) is 0 Å². The number of halogens is 1. The van der Waals surface area contributed by atoms with Crippen LogP contribution in [0.15, 0.2) is 30.3 Å². The second-order valence-corrected chi connectivity index (χ2v) is 6.15. The summed E-state index contributed by atoms with van der Waals surface area (Å²) in [5.41, 5.74) is 1.44. The lowest BCUT2D eigenvalue weighted by Gasteiger charge is -2.13. The molecular formula is C18H21ClN4O4. The van der Waals surface area contributed by atoms with Crippen LogP contribution in [0, 0.1) is 6.92 Å². The Labute approximate surface area is 161 Å². The maximum atomic E-state index is 12.4. The van der Waals surface area contributed by atoms with E-state index in [1.807, 2.05) is 30.3 Å². The number of urea groups is 1. The first-order chi connectivity index (χ1) is 12.8. The average molecular weight is 393 g/mol. The zero-order chi connectivity index (χ0) is 20.0. The molecule has 1 aromatic carbocycles. The van der Waals surface area contributed by atoms with Gasteiger partial charge in [-0.3, -0.25) is 10.1 Å². The molecule has 0 radical (unpaired) electrons. The summed E-state index contributed by atoms with van der Waals surface area (Å²) < 4.78 is 6.62. The highest BCUT2D eigenvalue weighted by Crippen LogP contribution is 2.22. The number of benzene rings is 1. The lowest BCUT2D eigenvalue weighted by atomic mass is 10.2. The minimum atomic E-state index is -1.17. The van der Waals surface area contributed by atoms with Gasteiger partial charge in [0, 0.05) is 6.54 Å². The van der Waals surface area contributed by atoms with Crippen LogP contribution in [0.5, 0.6) is 0 Å². The van der Waals surface area contributed by atoms with E-state index < -0.39 is 24.0 Å². The minimum absolute atomic E-state index is 0.0882. The highest BCUT2D eigenvalue weighted by atomic mass is 35.5. The Kier molecular flexibility index (Phi) is 6.95. The van der Waals surface area contributed by atoms with Crippen LogP contribution in [0.1, 0.15) is 35.5 Å². The van der Waals surface area contributed by atoms with Crippen LogP contribution >= 0.6 is 11.6 Å². The number of carbonyl (C=O) groups excluding carboxylic acids is 3. The van der Waals surface area contributed by atoms with Crippen molar-refractivity contribution in [3.05, 3.63) is 52.3 Å². The Morgan fingerprint density at radius 1 is 1.26 bits per heavy atom. The predicted molar refractivity (Wildman–Crippen MR) is 99.6 cm³/mol. The molecule has 1 aromatic heterocycles. The van der Waals surface area contributed by atoms with Gasteiger partial charge in [0.15, 0.2) is 6.10 Å². The third kappa shape index (κ3) is 5.30. The van der Waals surface area contributed by atoms with Crippen molar-refractivity contribution >= 4 is 29.5 Å². The van der Waals surface area contributed by atoms with E-state index in [2.05, 4.69) is 15.7 Å². The molecule has 3 amide bonds. The van der Waals surface area contributed by atoms with E-state index in [9.17, 15) is 14.4 Å². The van der Waals surface area contributed by atoms with E-state index in [0.717, 1.165) is 5.56 Å². The predicted octanol–water partition coefficient (Wildman–Crippen LogP) is 2.28. The molecule has 0 fully saturated rings. The van der Waals surface area contributed by atoms with E-state index >= 15 is 0 Å². The fraction of sp³-hybridized carbons (Fsp3) is 0.333. The molecule has 0 aliphatic rings. The molecule has 0 saturated heterocycles. The van der Waals surface area contributed by atoms with Crippen LogP contribution in [0.2, 0.25) is 5.15 Å². The van der Waals surface area contributed by atoms with Crippen LogP contribution in [-0.2, 0) is 16.1 Å². The second kappa shape index (κ2) is 9.18. The molecule has 0 unspecified atom stereocenters. The van der Waals surface area contributed by atoms with E-state index in [4.69, 9.17) is 16.3 Å². The van der Waals surface area contributed by atoms with Crippen LogP contribution in [0.4, 0.5) is 4.79 Å². The van der Waals surface area contributed by atoms with E-state index in [0.29, 0.717) is 18.8 Å². The van der Waals surface area contributed by atoms with Gasteiger partial charge >= 0.3 is 12.0 Å². The van der Waals surface area contributed by atoms with Gasteiger partial charge in [0.2, 0.25) is 0 Å². The molecule has 2 rings (SSSR count). The van der Waals surface area contributed by atoms with Gasteiger partial charge in [-0.1, -0.05) is 41.9 Å². The fourth-order valence-corrected chi connectivity index (χ4v) is 2.65. The van der Waals surface area contributed by atoms with Crippen LogP contribution < -0.4 is 10.6 Å². The van der Waals surface area contributed by atoms with Gasteiger partial charge in [0.1, 0.15) is 10.7 Å². The van der Waals surface area contributed by atoms with Gasteiger partial charge < -0.3 is 10.1 Å². The number of aromatic nitrogens is 2. The number of ether oxygens (including phenoxy) is 1. The summed E-state index contributed by atoms with van der Waals surface area (Å²) >= 11 is 6.30. The summed E-state index contributed by atoms with van der Waals surface area (Å²) in [6.45, 7) is 5.46. The van der Waals surface area contributed by atoms with Crippen LogP contribution in [0.3, 0.4) is 0 Å². The number of aryl methyl sites for hydroxylation is 1. The third-order valence-electron chi connectivity index (χ3n) is 3.67. The molecule has 0 saturated carbocycles. The number of hydrogen-bond donors (Lipinski definition) is 2. The summed E-state index contributed by atoms with van der Waals surface area (Å²) in [5.74, 6) is -1.52. The number of amides is 3. The van der Waals surface area contributed by atoms with Crippen molar-refractivity contribution in [2.75, 3.05) is 6.54 Å². The van der Waals surface area contributed by atoms with E-state index in [-0.39, 0.29) is 10.7 Å². The zero-order valence-electron chi connectivity index (χ0n) is 15.3. The van der Waals surface area contributed by atoms with Crippen molar-refractivity contribution in [3.8, 4) is 0 Å². The summed E-state index contributed by atoms with van der Waals surface area (Å²) in [6, 6.07) is 8.86. The van der Waals surface area contributed by atoms with Gasteiger partial charge in [0.05, 0.1) is 12.2 Å². The SMILES string of the molecule is CCNC(=O)NC(=O)[C@H](C)OC(=O)c1c(C)nn(Cc2ccccc2)c1Cl. The molecule has 0 spiro atoms. The molecule has 0 aliphatic heterocycles. The highest BCUT2D eigenvalue weighted by Gasteiger charge is 2.26.